The predicted octanol–water partition coefficient (Wildman–Crippen LogP) is 3.90. The van der Waals surface area contributed by atoms with E-state index in [1.54, 1.807) is 6.26 Å². The molecule has 1 fully saturated rings. The first-order chi connectivity index (χ1) is 7.90. The summed E-state index contributed by atoms with van der Waals surface area (Å²) in [5.74, 6) is 1.97. The van der Waals surface area contributed by atoms with Crippen molar-refractivity contribution in [2.24, 2.45) is 5.92 Å². The summed E-state index contributed by atoms with van der Waals surface area (Å²) in [6.45, 7) is 3.36. The molecule has 2 rings (SSSR count). The van der Waals surface area contributed by atoms with Gasteiger partial charge in [-0.15, -0.1) is 0 Å². The van der Waals surface area contributed by atoms with Crippen LogP contribution in [0.3, 0.4) is 0 Å². The Hall–Kier alpha value is -0.760. The smallest absolute Gasteiger partial charge is 0.120 e. The molecule has 2 nitrogen and oxygen atoms in total. The molecule has 1 unspecified atom stereocenters. The molecule has 2 heteroatoms. The molecule has 16 heavy (non-hydrogen) atoms. The molecule has 1 atom stereocenters. The van der Waals surface area contributed by atoms with E-state index in [9.17, 15) is 0 Å². The van der Waals surface area contributed by atoms with E-state index >= 15 is 0 Å². The highest BCUT2D eigenvalue weighted by molar-refractivity contribution is 5.03. The van der Waals surface area contributed by atoms with Gasteiger partial charge in [-0.05, 0) is 43.9 Å². The van der Waals surface area contributed by atoms with Crippen LogP contribution < -0.4 is 5.32 Å². The highest BCUT2D eigenvalue weighted by Crippen LogP contribution is 2.24. The van der Waals surface area contributed by atoms with Gasteiger partial charge in [-0.25, -0.2) is 0 Å². The first kappa shape index (κ1) is 11.7. The fourth-order valence-corrected chi connectivity index (χ4v) is 2.64. The Morgan fingerprint density at radius 1 is 1.38 bits per heavy atom. The van der Waals surface area contributed by atoms with E-state index in [0.29, 0.717) is 6.04 Å². The summed E-state index contributed by atoms with van der Waals surface area (Å²) in [7, 11) is 0. The van der Waals surface area contributed by atoms with Gasteiger partial charge in [0.05, 0.1) is 12.3 Å². The summed E-state index contributed by atoms with van der Waals surface area (Å²) in [5, 5.41) is 3.65. The zero-order chi connectivity index (χ0) is 11.2. The largest absolute Gasteiger partial charge is 0.468 e. The van der Waals surface area contributed by atoms with Crippen molar-refractivity contribution < 1.29 is 4.42 Å². The summed E-state index contributed by atoms with van der Waals surface area (Å²) < 4.78 is 5.46. The Bertz CT molecular complexity index is 275. The summed E-state index contributed by atoms with van der Waals surface area (Å²) in [4.78, 5) is 0. The van der Waals surface area contributed by atoms with E-state index in [1.165, 1.54) is 32.1 Å². The Balaban J connectivity index is 1.78. The van der Waals surface area contributed by atoms with Crippen molar-refractivity contribution in [3.8, 4) is 0 Å². The number of nitrogens with one attached hydrogen (secondary N) is 1. The lowest BCUT2D eigenvalue weighted by molar-refractivity contribution is 0.312. The maximum atomic E-state index is 5.46. The van der Waals surface area contributed by atoms with E-state index in [1.807, 2.05) is 6.07 Å². The lowest BCUT2D eigenvalue weighted by atomic mass is 9.89. The lowest BCUT2D eigenvalue weighted by Gasteiger charge is -2.24. The molecular formula is C14H23NO. The molecule has 0 bridgehead atoms. The molecule has 0 amide bonds. The fraction of sp³-hybridized carbons (Fsp3) is 0.714. The zero-order valence-corrected chi connectivity index (χ0v) is 10.2. The fourth-order valence-electron chi connectivity index (χ4n) is 2.64. The van der Waals surface area contributed by atoms with Crippen molar-refractivity contribution in [1.29, 1.82) is 0 Å². The van der Waals surface area contributed by atoms with Gasteiger partial charge < -0.3 is 9.73 Å². The average Bonchev–Trinajstić information content (AvgIpc) is 2.85. The van der Waals surface area contributed by atoms with Crippen LogP contribution in [0.5, 0.6) is 0 Å². The minimum absolute atomic E-state index is 0.400. The van der Waals surface area contributed by atoms with Crippen molar-refractivity contribution in [2.75, 3.05) is 6.54 Å². The van der Waals surface area contributed by atoms with Crippen molar-refractivity contribution in [3.63, 3.8) is 0 Å². The summed E-state index contributed by atoms with van der Waals surface area (Å²) in [5.41, 5.74) is 0. The van der Waals surface area contributed by atoms with Gasteiger partial charge in [-0.3, -0.25) is 0 Å². The molecule has 1 aromatic rings. The molecule has 1 saturated carbocycles. The first-order valence-electron chi connectivity index (χ1n) is 6.67. The first-order valence-corrected chi connectivity index (χ1v) is 6.67. The second kappa shape index (κ2) is 6.09. The average molecular weight is 221 g/mol. The van der Waals surface area contributed by atoms with Crippen LogP contribution in [0.2, 0.25) is 0 Å². The van der Waals surface area contributed by atoms with Crippen LogP contribution in [0.25, 0.3) is 0 Å². The molecule has 0 spiro atoms. The molecule has 1 heterocycles. The summed E-state index contributed by atoms with van der Waals surface area (Å²) >= 11 is 0. The van der Waals surface area contributed by atoms with Crippen LogP contribution in [0.15, 0.2) is 22.8 Å². The topological polar surface area (TPSA) is 25.2 Å². The lowest BCUT2D eigenvalue weighted by Crippen LogP contribution is -2.28. The molecule has 0 radical (unpaired) electrons. The van der Waals surface area contributed by atoms with Gasteiger partial charge in [-0.2, -0.15) is 0 Å². The van der Waals surface area contributed by atoms with Crippen LogP contribution >= 0.6 is 0 Å². The third-order valence-electron chi connectivity index (χ3n) is 3.67. The maximum absolute atomic E-state index is 5.46. The SMILES string of the molecule is CCC(NCC1CCCCC1)c1ccco1. The van der Waals surface area contributed by atoms with E-state index in [2.05, 4.69) is 18.3 Å². The second-order valence-electron chi connectivity index (χ2n) is 4.89. The van der Waals surface area contributed by atoms with Crippen LogP contribution in [-0.2, 0) is 0 Å². The van der Waals surface area contributed by atoms with Crippen molar-refractivity contribution in [1.82, 2.24) is 5.32 Å². The molecular weight excluding hydrogens is 198 g/mol. The van der Waals surface area contributed by atoms with Crippen molar-refractivity contribution >= 4 is 0 Å². The van der Waals surface area contributed by atoms with Crippen LogP contribution in [0.4, 0.5) is 0 Å². The highest BCUT2D eigenvalue weighted by Gasteiger charge is 2.16. The van der Waals surface area contributed by atoms with E-state index < -0.39 is 0 Å². The molecule has 0 saturated heterocycles. The van der Waals surface area contributed by atoms with E-state index in [4.69, 9.17) is 4.42 Å². The third kappa shape index (κ3) is 3.11. The zero-order valence-electron chi connectivity index (χ0n) is 10.2. The Morgan fingerprint density at radius 3 is 2.81 bits per heavy atom. The van der Waals surface area contributed by atoms with E-state index in [-0.39, 0.29) is 0 Å². The monoisotopic (exact) mass is 221 g/mol. The van der Waals surface area contributed by atoms with Gasteiger partial charge in [0.2, 0.25) is 0 Å². The van der Waals surface area contributed by atoms with Gasteiger partial charge in [0, 0.05) is 0 Å². The molecule has 90 valence electrons. The Morgan fingerprint density at radius 2 is 2.19 bits per heavy atom. The number of rotatable bonds is 5. The Labute approximate surface area is 98.4 Å². The summed E-state index contributed by atoms with van der Waals surface area (Å²) in [6.07, 6.45) is 9.95. The quantitative estimate of drug-likeness (QED) is 0.815. The van der Waals surface area contributed by atoms with Crippen molar-refractivity contribution in [3.05, 3.63) is 24.2 Å². The summed E-state index contributed by atoms with van der Waals surface area (Å²) in [6, 6.07) is 4.44. The number of hydrogen-bond acceptors (Lipinski definition) is 2. The van der Waals surface area contributed by atoms with Gasteiger partial charge in [0.15, 0.2) is 0 Å². The van der Waals surface area contributed by atoms with Gasteiger partial charge in [0.1, 0.15) is 5.76 Å². The number of hydrogen-bond donors (Lipinski definition) is 1. The normalized spacial score (nSPS) is 19.8. The second-order valence-corrected chi connectivity index (χ2v) is 4.89. The maximum Gasteiger partial charge on any atom is 0.120 e. The Kier molecular flexibility index (Phi) is 4.46. The minimum Gasteiger partial charge on any atom is -0.468 e. The molecule has 1 aliphatic rings. The van der Waals surface area contributed by atoms with Crippen molar-refractivity contribution in [2.45, 2.75) is 51.5 Å². The van der Waals surface area contributed by atoms with Gasteiger partial charge in [-0.1, -0.05) is 26.2 Å². The molecule has 0 aliphatic heterocycles. The highest BCUT2D eigenvalue weighted by atomic mass is 16.3. The minimum atomic E-state index is 0.400. The standard InChI is InChI=1S/C14H23NO/c1-2-13(14-9-6-10-16-14)15-11-12-7-4-3-5-8-12/h6,9-10,12-13,15H,2-5,7-8,11H2,1H3. The van der Waals surface area contributed by atoms with E-state index in [0.717, 1.165) is 24.6 Å². The predicted molar refractivity (Wildman–Crippen MR) is 66.3 cm³/mol. The van der Waals surface area contributed by atoms with Crippen LogP contribution in [0, 0.1) is 5.92 Å². The third-order valence-corrected chi connectivity index (χ3v) is 3.67. The molecule has 1 aliphatic carbocycles. The van der Waals surface area contributed by atoms with Gasteiger partial charge >= 0.3 is 0 Å². The molecule has 1 aromatic heterocycles. The molecule has 0 aromatic carbocycles. The molecule has 1 N–H and O–H groups in total. The van der Waals surface area contributed by atoms with Gasteiger partial charge in [0.25, 0.3) is 0 Å². The van der Waals surface area contributed by atoms with Crippen LogP contribution in [-0.4, -0.2) is 6.54 Å². The van der Waals surface area contributed by atoms with Crippen LogP contribution in [0.1, 0.15) is 57.3 Å². The number of furan rings is 1.